The smallest absolute Gasteiger partial charge is 0.315 e. The van der Waals surface area contributed by atoms with E-state index in [1.165, 1.54) is 12.8 Å². The second-order valence-corrected chi connectivity index (χ2v) is 5.44. The van der Waals surface area contributed by atoms with Crippen LogP contribution in [0.4, 0.5) is 0 Å². The van der Waals surface area contributed by atoms with Gasteiger partial charge in [-0.25, -0.2) is 0 Å². The summed E-state index contributed by atoms with van der Waals surface area (Å²) in [4.78, 5) is 11.7. The van der Waals surface area contributed by atoms with E-state index in [1.807, 2.05) is 31.2 Å². The number of rotatable bonds is 6. The van der Waals surface area contributed by atoms with Crippen LogP contribution in [0.1, 0.15) is 36.8 Å². The van der Waals surface area contributed by atoms with Crippen molar-refractivity contribution in [3.63, 3.8) is 0 Å². The van der Waals surface area contributed by atoms with Crippen molar-refractivity contribution in [1.82, 2.24) is 0 Å². The number of benzene rings is 1. The van der Waals surface area contributed by atoms with Crippen LogP contribution in [-0.4, -0.2) is 17.6 Å². The molecule has 98 valence electrons. The largest absolute Gasteiger partial charge is 0.481 e. The van der Waals surface area contributed by atoms with E-state index in [0.717, 1.165) is 23.5 Å². The summed E-state index contributed by atoms with van der Waals surface area (Å²) >= 11 is 0. The Balaban J connectivity index is 2.26. The number of carboxylic acid groups (broad SMARTS) is 1. The van der Waals surface area contributed by atoms with Crippen molar-refractivity contribution in [2.75, 3.05) is 6.54 Å². The molecule has 3 heteroatoms. The Hall–Kier alpha value is -1.35. The average Bonchev–Trinajstić information content (AvgIpc) is 3.16. The topological polar surface area (TPSA) is 63.3 Å². The van der Waals surface area contributed by atoms with Gasteiger partial charge in [0, 0.05) is 6.54 Å². The van der Waals surface area contributed by atoms with Gasteiger partial charge in [-0.3, -0.25) is 4.79 Å². The zero-order valence-corrected chi connectivity index (χ0v) is 10.9. The fourth-order valence-electron chi connectivity index (χ4n) is 2.41. The van der Waals surface area contributed by atoms with Crippen LogP contribution >= 0.6 is 0 Å². The third-order valence-electron chi connectivity index (χ3n) is 4.04. The summed E-state index contributed by atoms with van der Waals surface area (Å²) in [5.41, 5.74) is 6.87. The Labute approximate surface area is 108 Å². The van der Waals surface area contributed by atoms with E-state index in [1.54, 1.807) is 0 Å². The average molecular weight is 247 g/mol. The van der Waals surface area contributed by atoms with Gasteiger partial charge >= 0.3 is 5.97 Å². The zero-order chi connectivity index (χ0) is 13.2. The fourth-order valence-corrected chi connectivity index (χ4v) is 2.41. The summed E-state index contributed by atoms with van der Waals surface area (Å²) in [6.07, 6.45) is 4.10. The van der Waals surface area contributed by atoms with Crippen molar-refractivity contribution >= 4 is 5.97 Å². The van der Waals surface area contributed by atoms with E-state index in [0.29, 0.717) is 6.42 Å². The van der Waals surface area contributed by atoms with Crippen molar-refractivity contribution in [1.29, 1.82) is 0 Å². The second kappa shape index (κ2) is 5.11. The number of aryl methyl sites for hydroxylation is 1. The maximum atomic E-state index is 11.7. The molecule has 1 aliphatic carbocycles. The fraction of sp³-hybridized carbons (Fsp3) is 0.533. The summed E-state index contributed by atoms with van der Waals surface area (Å²) in [6, 6.07) is 7.73. The van der Waals surface area contributed by atoms with E-state index in [4.69, 9.17) is 5.73 Å². The first-order valence-electron chi connectivity index (χ1n) is 6.59. The van der Waals surface area contributed by atoms with Crippen LogP contribution < -0.4 is 5.73 Å². The monoisotopic (exact) mass is 247 g/mol. The highest BCUT2D eigenvalue weighted by molar-refractivity contribution is 5.81. The van der Waals surface area contributed by atoms with E-state index >= 15 is 0 Å². The van der Waals surface area contributed by atoms with Gasteiger partial charge in [0.05, 0.1) is 0 Å². The Morgan fingerprint density at radius 2 is 2.00 bits per heavy atom. The first-order valence-corrected chi connectivity index (χ1v) is 6.59. The molecule has 0 saturated heterocycles. The van der Waals surface area contributed by atoms with E-state index < -0.39 is 11.4 Å². The van der Waals surface area contributed by atoms with E-state index in [2.05, 4.69) is 0 Å². The number of nitrogens with two attached hydrogens (primary N) is 1. The van der Waals surface area contributed by atoms with Crippen LogP contribution in [0, 0.1) is 12.8 Å². The second-order valence-electron chi connectivity index (χ2n) is 5.44. The van der Waals surface area contributed by atoms with Crippen LogP contribution in [0.2, 0.25) is 0 Å². The van der Waals surface area contributed by atoms with Crippen molar-refractivity contribution < 1.29 is 9.90 Å². The SMILES string of the molecule is Cc1ccc(C(CN)(CCC2CC2)C(=O)O)cc1. The van der Waals surface area contributed by atoms with Gasteiger partial charge in [0.25, 0.3) is 0 Å². The standard InChI is InChI=1S/C15H21NO2/c1-11-2-6-13(7-3-11)15(10-16,14(17)18)9-8-12-4-5-12/h2-3,6-7,12H,4-5,8-10,16H2,1H3,(H,17,18). The summed E-state index contributed by atoms with van der Waals surface area (Å²) in [5, 5.41) is 9.60. The molecule has 1 aromatic carbocycles. The highest BCUT2D eigenvalue weighted by Gasteiger charge is 2.40. The van der Waals surface area contributed by atoms with Gasteiger partial charge < -0.3 is 10.8 Å². The molecule has 2 rings (SSSR count). The molecule has 0 amide bonds. The molecule has 1 saturated carbocycles. The highest BCUT2D eigenvalue weighted by Crippen LogP contribution is 2.39. The molecule has 0 aromatic heterocycles. The van der Waals surface area contributed by atoms with Crippen LogP contribution in [0.3, 0.4) is 0 Å². The van der Waals surface area contributed by atoms with Gasteiger partial charge in [0.2, 0.25) is 0 Å². The molecular weight excluding hydrogens is 226 g/mol. The third kappa shape index (κ3) is 2.56. The predicted molar refractivity (Wildman–Crippen MR) is 71.5 cm³/mol. The quantitative estimate of drug-likeness (QED) is 0.811. The number of carbonyl (C=O) groups is 1. The maximum absolute atomic E-state index is 11.7. The normalized spacial score (nSPS) is 18.3. The van der Waals surface area contributed by atoms with Gasteiger partial charge in [0.1, 0.15) is 5.41 Å². The third-order valence-corrected chi connectivity index (χ3v) is 4.04. The van der Waals surface area contributed by atoms with Crippen LogP contribution in [-0.2, 0) is 10.2 Å². The molecule has 1 aromatic rings. The molecule has 0 aliphatic heterocycles. The zero-order valence-electron chi connectivity index (χ0n) is 10.9. The first kappa shape index (κ1) is 13.1. The highest BCUT2D eigenvalue weighted by atomic mass is 16.4. The van der Waals surface area contributed by atoms with Crippen molar-refractivity contribution in [3.05, 3.63) is 35.4 Å². The summed E-state index contributed by atoms with van der Waals surface area (Å²) in [5.74, 6) is -0.0739. The number of hydrogen-bond acceptors (Lipinski definition) is 2. The maximum Gasteiger partial charge on any atom is 0.315 e. The van der Waals surface area contributed by atoms with Gasteiger partial charge in [-0.05, 0) is 31.2 Å². The van der Waals surface area contributed by atoms with Crippen molar-refractivity contribution in [3.8, 4) is 0 Å². The molecule has 3 N–H and O–H groups in total. The minimum atomic E-state index is -0.906. The van der Waals surface area contributed by atoms with Crippen molar-refractivity contribution in [2.45, 2.75) is 38.0 Å². The van der Waals surface area contributed by atoms with Crippen molar-refractivity contribution in [2.24, 2.45) is 11.7 Å². The summed E-state index contributed by atoms with van der Waals surface area (Å²) in [7, 11) is 0. The van der Waals surface area contributed by atoms with Gasteiger partial charge in [-0.2, -0.15) is 0 Å². The van der Waals surface area contributed by atoms with E-state index in [-0.39, 0.29) is 6.54 Å². The molecule has 0 radical (unpaired) electrons. The van der Waals surface area contributed by atoms with Gasteiger partial charge in [-0.15, -0.1) is 0 Å². The molecule has 0 spiro atoms. The summed E-state index contributed by atoms with van der Waals surface area (Å²) in [6.45, 7) is 2.16. The minimum absolute atomic E-state index is 0.165. The predicted octanol–water partition coefficient (Wildman–Crippen LogP) is 2.47. The molecule has 3 nitrogen and oxygen atoms in total. The molecule has 1 atom stereocenters. The molecule has 1 fully saturated rings. The molecular formula is C15H21NO2. The van der Waals surface area contributed by atoms with Crippen LogP contribution in [0.5, 0.6) is 0 Å². The molecule has 0 bridgehead atoms. The molecule has 1 aliphatic rings. The van der Waals surface area contributed by atoms with E-state index in [9.17, 15) is 9.90 Å². The molecule has 0 heterocycles. The Kier molecular flexibility index (Phi) is 3.71. The lowest BCUT2D eigenvalue weighted by Crippen LogP contribution is -2.43. The lowest BCUT2D eigenvalue weighted by atomic mass is 9.76. The van der Waals surface area contributed by atoms with Gasteiger partial charge in [-0.1, -0.05) is 42.7 Å². The summed E-state index contributed by atoms with van der Waals surface area (Å²) < 4.78 is 0. The Bertz CT molecular complexity index is 423. The lowest BCUT2D eigenvalue weighted by Gasteiger charge is -2.28. The van der Waals surface area contributed by atoms with Crippen LogP contribution in [0.15, 0.2) is 24.3 Å². The number of carboxylic acids is 1. The Morgan fingerprint density at radius 3 is 2.44 bits per heavy atom. The number of aliphatic carboxylic acids is 1. The minimum Gasteiger partial charge on any atom is -0.481 e. The number of hydrogen-bond donors (Lipinski definition) is 2. The van der Waals surface area contributed by atoms with Crippen LogP contribution in [0.25, 0.3) is 0 Å². The molecule has 1 unspecified atom stereocenters. The molecule has 18 heavy (non-hydrogen) atoms. The first-order chi connectivity index (χ1) is 8.58. The Morgan fingerprint density at radius 1 is 1.39 bits per heavy atom. The van der Waals surface area contributed by atoms with Gasteiger partial charge in [0.15, 0.2) is 0 Å². The lowest BCUT2D eigenvalue weighted by molar-refractivity contribution is -0.143.